The number of pyridine rings is 1. The summed E-state index contributed by atoms with van der Waals surface area (Å²) in [6.07, 6.45) is 7.06. The molecule has 0 aromatic carbocycles. The Morgan fingerprint density at radius 3 is 3.00 bits per heavy atom. The maximum atomic E-state index is 12.3. The van der Waals surface area contributed by atoms with Gasteiger partial charge in [-0.2, -0.15) is 0 Å². The van der Waals surface area contributed by atoms with Gasteiger partial charge in [0, 0.05) is 31.7 Å². The first-order chi connectivity index (χ1) is 11.8. The summed E-state index contributed by atoms with van der Waals surface area (Å²) in [5.41, 5.74) is 1.59. The fourth-order valence-electron chi connectivity index (χ4n) is 2.37. The van der Waals surface area contributed by atoms with Gasteiger partial charge in [-0.15, -0.1) is 5.10 Å². The summed E-state index contributed by atoms with van der Waals surface area (Å²) in [5, 5.41) is 6.95. The molecule has 3 aromatic rings. The van der Waals surface area contributed by atoms with Crippen molar-refractivity contribution >= 4 is 17.4 Å². The highest BCUT2D eigenvalue weighted by atomic mass is 32.1. The average molecular weight is 342 g/mol. The van der Waals surface area contributed by atoms with E-state index in [2.05, 4.69) is 31.8 Å². The van der Waals surface area contributed by atoms with Gasteiger partial charge >= 0.3 is 0 Å². The average Bonchev–Trinajstić information content (AvgIpc) is 3.25. The van der Waals surface area contributed by atoms with Gasteiger partial charge in [0.25, 0.3) is 5.91 Å². The van der Waals surface area contributed by atoms with Crippen LogP contribution in [0.5, 0.6) is 0 Å². The van der Waals surface area contributed by atoms with Crippen molar-refractivity contribution in [2.75, 3.05) is 6.54 Å². The highest BCUT2D eigenvalue weighted by molar-refractivity contribution is 7.08. The second kappa shape index (κ2) is 7.78. The molecule has 0 unspecified atom stereocenters. The van der Waals surface area contributed by atoms with Crippen molar-refractivity contribution < 1.29 is 4.79 Å². The van der Waals surface area contributed by atoms with Crippen LogP contribution in [0.4, 0.5) is 0 Å². The minimum atomic E-state index is -0.118. The van der Waals surface area contributed by atoms with E-state index in [0.29, 0.717) is 18.0 Å². The third-order valence-electron chi connectivity index (χ3n) is 3.50. The lowest BCUT2D eigenvalue weighted by molar-refractivity contribution is 0.0955. The van der Waals surface area contributed by atoms with Gasteiger partial charge in [-0.25, -0.2) is 4.98 Å². The van der Waals surface area contributed by atoms with Crippen LogP contribution in [-0.2, 0) is 13.0 Å². The number of hydrogen-bond acceptors (Lipinski definition) is 6. The van der Waals surface area contributed by atoms with Crippen molar-refractivity contribution in [2.45, 2.75) is 26.3 Å². The number of nitrogens with one attached hydrogen (secondary N) is 1. The highest BCUT2D eigenvalue weighted by Gasteiger charge is 2.15. The van der Waals surface area contributed by atoms with Crippen molar-refractivity contribution in [3.05, 3.63) is 47.4 Å². The van der Waals surface area contributed by atoms with Crippen molar-refractivity contribution in [2.24, 2.45) is 0 Å². The van der Waals surface area contributed by atoms with Crippen LogP contribution in [0.2, 0.25) is 0 Å². The molecule has 0 spiro atoms. The normalized spacial score (nSPS) is 10.7. The smallest absolute Gasteiger partial charge is 0.265 e. The first-order valence-corrected chi connectivity index (χ1v) is 8.59. The van der Waals surface area contributed by atoms with Crippen molar-refractivity contribution in [1.29, 1.82) is 0 Å². The summed E-state index contributed by atoms with van der Waals surface area (Å²) in [6.45, 7) is 3.17. The topological polar surface area (TPSA) is 85.6 Å². The molecule has 0 aliphatic rings. The second-order valence-corrected chi connectivity index (χ2v) is 5.97. The molecule has 8 heteroatoms. The monoisotopic (exact) mass is 342 g/mol. The summed E-state index contributed by atoms with van der Waals surface area (Å²) in [6, 6.07) is 5.71. The number of aryl methyl sites for hydroxylation is 1. The molecule has 0 radical (unpaired) electrons. The number of carbonyl (C=O) groups excluding carboxylic acids is 1. The van der Waals surface area contributed by atoms with Gasteiger partial charge < -0.3 is 9.88 Å². The number of rotatable bonds is 7. The Bertz CT molecular complexity index is 798. The Labute approximate surface area is 143 Å². The van der Waals surface area contributed by atoms with Crippen LogP contribution < -0.4 is 5.32 Å². The minimum Gasteiger partial charge on any atom is -0.349 e. The quantitative estimate of drug-likeness (QED) is 0.711. The molecule has 3 heterocycles. The van der Waals surface area contributed by atoms with E-state index in [-0.39, 0.29) is 5.91 Å². The zero-order valence-corrected chi connectivity index (χ0v) is 14.2. The molecule has 7 nitrogen and oxygen atoms in total. The molecule has 3 aromatic heterocycles. The third-order valence-corrected chi connectivity index (χ3v) is 4.26. The molecule has 0 bridgehead atoms. The molecule has 124 valence electrons. The van der Waals surface area contributed by atoms with Gasteiger partial charge in [0.1, 0.15) is 10.6 Å². The first-order valence-electron chi connectivity index (χ1n) is 7.81. The number of hydrogen-bond donors (Lipinski definition) is 1. The maximum absolute atomic E-state index is 12.3. The van der Waals surface area contributed by atoms with E-state index in [9.17, 15) is 4.79 Å². The third kappa shape index (κ3) is 3.65. The Morgan fingerprint density at radius 1 is 1.29 bits per heavy atom. The largest absolute Gasteiger partial charge is 0.349 e. The van der Waals surface area contributed by atoms with E-state index in [4.69, 9.17) is 0 Å². The van der Waals surface area contributed by atoms with Crippen molar-refractivity contribution in [1.82, 2.24) is 29.4 Å². The summed E-state index contributed by atoms with van der Waals surface area (Å²) in [5.74, 6) is 0.670. The number of nitrogens with zero attached hydrogens (tertiary/aromatic N) is 5. The number of amides is 1. The van der Waals surface area contributed by atoms with E-state index in [0.717, 1.165) is 41.6 Å². The van der Waals surface area contributed by atoms with E-state index in [1.54, 1.807) is 12.4 Å². The standard InChI is InChI=1S/C16H18N6OS/c1-2-5-12-14(24-21-20-12)16(23)19-9-11-22-10-8-18-15(22)13-6-3-4-7-17-13/h3-4,6-8,10H,2,5,9,11H2,1H3,(H,19,23). The first kappa shape index (κ1) is 16.3. The molecule has 0 aliphatic carbocycles. The van der Waals surface area contributed by atoms with Gasteiger partial charge in [-0.05, 0) is 30.1 Å². The Hall–Kier alpha value is -2.61. The molecule has 0 atom stereocenters. The molecule has 3 rings (SSSR count). The molecule has 1 N–H and O–H groups in total. The van der Waals surface area contributed by atoms with Crippen molar-refractivity contribution in [3.8, 4) is 11.5 Å². The van der Waals surface area contributed by atoms with E-state index < -0.39 is 0 Å². The Balaban J connectivity index is 1.60. The van der Waals surface area contributed by atoms with Gasteiger partial charge in [-0.3, -0.25) is 9.78 Å². The predicted octanol–water partition coefficient (Wildman–Crippen LogP) is 2.18. The molecule has 0 fully saturated rings. The molecular formula is C16H18N6OS. The zero-order valence-electron chi connectivity index (χ0n) is 13.3. The lowest BCUT2D eigenvalue weighted by Gasteiger charge is -2.08. The highest BCUT2D eigenvalue weighted by Crippen LogP contribution is 2.14. The molecular weight excluding hydrogens is 324 g/mol. The van der Waals surface area contributed by atoms with Crippen LogP contribution in [-0.4, -0.2) is 36.6 Å². The van der Waals surface area contributed by atoms with Gasteiger partial charge in [-0.1, -0.05) is 23.9 Å². The van der Waals surface area contributed by atoms with Gasteiger partial charge in [0.2, 0.25) is 0 Å². The summed E-state index contributed by atoms with van der Waals surface area (Å²) in [4.78, 5) is 21.5. The van der Waals surface area contributed by atoms with E-state index >= 15 is 0 Å². The molecule has 1 amide bonds. The van der Waals surface area contributed by atoms with Crippen LogP contribution in [0.15, 0.2) is 36.8 Å². The van der Waals surface area contributed by atoms with Crippen LogP contribution in [0.25, 0.3) is 11.5 Å². The van der Waals surface area contributed by atoms with Crippen LogP contribution >= 0.6 is 11.5 Å². The lowest BCUT2D eigenvalue weighted by Crippen LogP contribution is -2.27. The predicted molar refractivity (Wildman–Crippen MR) is 91.7 cm³/mol. The molecule has 0 aliphatic heterocycles. The number of imidazole rings is 1. The van der Waals surface area contributed by atoms with Gasteiger partial charge in [0.05, 0.1) is 5.69 Å². The van der Waals surface area contributed by atoms with E-state index in [1.165, 1.54) is 0 Å². The molecule has 0 saturated carbocycles. The zero-order chi connectivity index (χ0) is 16.8. The van der Waals surface area contributed by atoms with Crippen LogP contribution in [0, 0.1) is 0 Å². The number of carbonyl (C=O) groups is 1. The number of aromatic nitrogens is 5. The summed E-state index contributed by atoms with van der Waals surface area (Å²) in [7, 11) is 0. The van der Waals surface area contributed by atoms with Crippen LogP contribution in [0.1, 0.15) is 28.7 Å². The molecule has 24 heavy (non-hydrogen) atoms. The Kier molecular flexibility index (Phi) is 5.27. The van der Waals surface area contributed by atoms with E-state index in [1.807, 2.05) is 29.0 Å². The maximum Gasteiger partial charge on any atom is 0.265 e. The second-order valence-electron chi connectivity index (χ2n) is 5.21. The molecule has 0 saturated heterocycles. The van der Waals surface area contributed by atoms with Crippen LogP contribution in [0.3, 0.4) is 0 Å². The minimum absolute atomic E-state index is 0.118. The Morgan fingerprint density at radius 2 is 2.21 bits per heavy atom. The summed E-state index contributed by atoms with van der Waals surface area (Å²) < 4.78 is 5.85. The lowest BCUT2D eigenvalue weighted by atomic mass is 10.2. The summed E-state index contributed by atoms with van der Waals surface area (Å²) >= 11 is 1.14. The van der Waals surface area contributed by atoms with Gasteiger partial charge in [0.15, 0.2) is 5.82 Å². The SMILES string of the molecule is CCCc1nnsc1C(=O)NCCn1ccnc1-c1ccccn1. The fraction of sp³-hybridized carbons (Fsp3) is 0.312. The van der Waals surface area contributed by atoms with Crippen molar-refractivity contribution in [3.63, 3.8) is 0 Å². The fourth-order valence-corrected chi connectivity index (χ4v) is 2.99.